The van der Waals surface area contributed by atoms with E-state index in [0.29, 0.717) is 0 Å². The molecule has 2 aromatic carbocycles. The van der Waals surface area contributed by atoms with E-state index >= 15 is 0 Å². The average molecular weight is 361 g/mol. The van der Waals surface area contributed by atoms with Gasteiger partial charge in [-0.25, -0.2) is 14.0 Å². The van der Waals surface area contributed by atoms with Gasteiger partial charge in [-0.15, -0.1) is 0 Å². The lowest BCUT2D eigenvalue weighted by molar-refractivity contribution is 0.0695. The highest BCUT2D eigenvalue weighted by atomic mass is 35.5. The normalized spacial score (nSPS) is 10.6. The molecule has 1 heterocycles. The van der Waals surface area contributed by atoms with Crippen LogP contribution in [0.5, 0.6) is 0 Å². The second-order valence-corrected chi connectivity index (χ2v) is 5.55. The molecule has 0 saturated heterocycles. The standard InChI is InChI=1S/C17H10ClFN2O4/c18-9-5-6-12(19)13(7-9)20-17(25)21-8-11(16(23)24)15(22)10-3-1-2-4-14(10)21/h1-8H,(H,20,25)(H,23,24). The number of aromatic nitrogens is 1. The van der Waals surface area contributed by atoms with Crippen LogP contribution in [-0.4, -0.2) is 21.7 Å². The number of pyridine rings is 1. The van der Waals surface area contributed by atoms with Crippen molar-refractivity contribution in [2.45, 2.75) is 0 Å². The minimum absolute atomic E-state index is 0.0594. The number of carboxylic acids is 1. The molecule has 0 atom stereocenters. The van der Waals surface area contributed by atoms with Crippen LogP contribution in [0.3, 0.4) is 0 Å². The van der Waals surface area contributed by atoms with Gasteiger partial charge < -0.3 is 10.4 Å². The minimum atomic E-state index is -1.47. The van der Waals surface area contributed by atoms with E-state index in [2.05, 4.69) is 5.32 Å². The molecule has 0 aliphatic carbocycles. The highest BCUT2D eigenvalue weighted by Gasteiger charge is 2.18. The molecule has 0 bridgehead atoms. The van der Waals surface area contributed by atoms with Gasteiger partial charge in [0.25, 0.3) is 0 Å². The first kappa shape index (κ1) is 16.7. The Hall–Kier alpha value is -3.19. The summed E-state index contributed by atoms with van der Waals surface area (Å²) in [5, 5.41) is 11.8. The Labute approximate surface area is 145 Å². The molecule has 1 aromatic heterocycles. The van der Waals surface area contributed by atoms with E-state index < -0.39 is 28.8 Å². The van der Waals surface area contributed by atoms with Crippen LogP contribution in [0.25, 0.3) is 10.9 Å². The summed E-state index contributed by atoms with van der Waals surface area (Å²) in [6.07, 6.45) is 0.908. The zero-order valence-electron chi connectivity index (χ0n) is 12.5. The van der Waals surface area contributed by atoms with Gasteiger partial charge in [-0.1, -0.05) is 23.7 Å². The predicted octanol–water partition coefficient (Wildman–Crippen LogP) is 3.57. The number of carbonyl (C=O) groups is 2. The van der Waals surface area contributed by atoms with Gasteiger partial charge in [0, 0.05) is 16.6 Å². The molecule has 6 nitrogen and oxygen atoms in total. The Morgan fingerprint density at radius 1 is 1.16 bits per heavy atom. The molecule has 0 aliphatic heterocycles. The minimum Gasteiger partial charge on any atom is -0.477 e. The van der Waals surface area contributed by atoms with E-state index in [9.17, 15) is 23.9 Å². The number of amides is 1. The number of fused-ring (bicyclic) bond motifs is 1. The number of anilines is 1. The van der Waals surface area contributed by atoms with E-state index in [1.165, 1.54) is 24.3 Å². The molecule has 0 unspecified atom stereocenters. The SMILES string of the molecule is O=C(O)c1cn(C(=O)Nc2cc(Cl)ccc2F)c2ccccc2c1=O. The molecule has 0 fully saturated rings. The maximum Gasteiger partial charge on any atom is 0.341 e. The van der Waals surface area contributed by atoms with E-state index in [0.717, 1.165) is 16.8 Å². The summed E-state index contributed by atoms with van der Waals surface area (Å²) in [4.78, 5) is 36.0. The van der Waals surface area contributed by atoms with Crippen molar-refractivity contribution in [1.29, 1.82) is 0 Å². The largest absolute Gasteiger partial charge is 0.477 e. The number of benzene rings is 2. The van der Waals surface area contributed by atoms with Crippen molar-refractivity contribution in [3.63, 3.8) is 0 Å². The molecule has 2 N–H and O–H groups in total. The first-order valence-corrected chi connectivity index (χ1v) is 7.40. The Balaban J connectivity index is 2.16. The molecular formula is C17H10ClFN2O4. The van der Waals surface area contributed by atoms with Crippen LogP contribution in [0.2, 0.25) is 5.02 Å². The molecule has 0 aliphatic rings. The van der Waals surface area contributed by atoms with Gasteiger partial charge >= 0.3 is 12.0 Å². The van der Waals surface area contributed by atoms with E-state index in [1.807, 2.05) is 0 Å². The topological polar surface area (TPSA) is 88.4 Å². The maximum atomic E-state index is 13.8. The van der Waals surface area contributed by atoms with Gasteiger partial charge in [0.15, 0.2) is 0 Å². The Morgan fingerprint density at radius 3 is 2.60 bits per heavy atom. The van der Waals surface area contributed by atoms with Crippen molar-refractivity contribution in [2.24, 2.45) is 0 Å². The molecule has 0 spiro atoms. The lowest BCUT2D eigenvalue weighted by atomic mass is 10.1. The molecular weight excluding hydrogens is 351 g/mol. The number of hydrogen-bond donors (Lipinski definition) is 2. The lowest BCUT2D eigenvalue weighted by Gasteiger charge is -2.13. The maximum absolute atomic E-state index is 13.8. The fourth-order valence-corrected chi connectivity index (χ4v) is 2.54. The number of hydrogen-bond acceptors (Lipinski definition) is 3. The summed E-state index contributed by atoms with van der Waals surface area (Å²) in [6.45, 7) is 0. The van der Waals surface area contributed by atoms with Gasteiger partial charge in [-0.05, 0) is 30.3 Å². The first-order valence-electron chi connectivity index (χ1n) is 7.02. The van der Waals surface area contributed by atoms with Crippen LogP contribution in [0.15, 0.2) is 53.5 Å². The second-order valence-electron chi connectivity index (χ2n) is 5.12. The van der Waals surface area contributed by atoms with E-state index in [4.69, 9.17) is 11.6 Å². The Bertz CT molecular complexity index is 1080. The summed E-state index contributed by atoms with van der Waals surface area (Å²) in [6, 6.07) is 8.83. The Kier molecular flexibility index (Phi) is 4.24. The van der Waals surface area contributed by atoms with Gasteiger partial charge in [-0.3, -0.25) is 9.36 Å². The average Bonchev–Trinajstić information content (AvgIpc) is 2.58. The molecule has 1 amide bonds. The van der Waals surface area contributed by atoms with Crippen molar-refractivity contribution in [1.82, 2.24) is 4.57 Å². The van der Waals surface area contributed by atoms with E-state index in [1.54, 1.807) is 12.1 Å². The van der Waals surface area contributed by atoms with Crippen molar-refractivity contribution in [3.05, 3.63) is 75.3 Å². The van der Waals surface area contributed by atoms with Gasteiger partial charge in [0.05, 0.1) is 11.2 Å². The predicted molar refractivity (Wildman–Crippen MR) is 91.0 cm³/mol. The molecule has 3 aromatic rings. The molecule has 25 heavy (non-hydrogen) atoms. The smallest absolute Gasteiger partial charge is 0.341 e. The number of para-hydroxylation sites is 1. The van der Waals surface area contributed by atoms with Crippen molar-refractivity contribution in [3.8, 4) is 0 Å². The summed E-state index contributed by atoms with van der Waals surface area (Å²) >= 11 is 5.79. The molecule has 126 valence electrons. The lowest BCUT2D eigenvalue weighted by Crippen LogP contribution is -2.26. The number of nitrogens with one attached hydrogen (secondary N) is 1. The molecule has 3 rings (SSSR count). The summed E-state index contributed by atoms with van der Waals surface area (Å²) in [5.41, 5.74) is -1.25. The summed E-state index contributed by atoms with van der Waals surface area (Å²) in [5.74, 6) is -2.17. The first-order chi connectivity index (χ1) is 11.9. The van der Waals surface area contributed by atoms with Crippen LogP contribution in [0.4, 0.5) is 14.9 Å². The zero-order valence-corrected chi connectivity index (χ0v) is 13.2. The number of nitrogens with zero attached hydrogens (tertiary/aromatic N) is 1. The Morgan fingerprint density at radius 2 is 1.88 bits per heavy atom. The monoisotopic (exact) mass is 360 g/mol. The third-order valence-electron chi connectivity index (χ3n) is 3.53. The van der Waals surface area contributed by atoms with Gasteiger partial charge in [0.2, 0.25) is 5.43 Å². The molecule has 8 heteroatoms. The third kappa shape index (κ3) is 3.09. The van der Waals surface area contributed by atoms with E-state index in [-0.39, 0.29) is 21.6 Å². The van der Waals surface area contributed by atoms with Crippen molar-refractivity contribution < 1.29 is 19.1 Å². The zero-order chi connectivity index (χ0) is 18.1. The number of rotatable bonds is 2. The van der Waals surface area contributed by atoms with Crippen LogP contribution in [-0.2, 0) is 0 Å². The molecule has 0 radical (unpaired) electrons. The van der Waals surface area contributed by atoms with Gasteiger partial charge in [-0.2, -0.15) is 0 Å². The van der Waals surface area contributed by atoms with Crippen molar-refractivity contribution >= 4 is 40.2 Å². The fourth-order valence-electron chi connectivity index (χ4n) is 2.37. The third-order valence-corrected chi connectivity index (χ3v) is 3.77. The number of aromatic carboxylic acids is 1. The number of carbonyl (C=O) groups excluding carboxylic acids is 1. The fraction of sp³-hybridized carbons (Fsp3) is 0. The van der Waals surface area contributed by atoms with Crippen LogP contribution >= 0.6 is 11.6 Å². The van der Waals surface area contributed by atoms with Crippen LogP contribution in [0.1, 0.15) is 10.4 Å². The van der Waals surface area contributed by atoms with Gasteiger partial charge in [0.1, 0.15) is 11.4 Å². The highest BCUT2D eigenvalue weighted by molar-refractivity contribution is 6.30. The quantitative estimate of drug-likeness (QED) is 0.731. The summed E-state index contributed by atoms with van der Waals surface area (Å²) in [7, 11) is 0. The number of halogens is 2. The highest BCUT2D eigenvalue weighted by Crippen LogP contribution is 2.20. The van der Waals surface area contributed by atoms with Crippen LogP contribution < -0.4 is 10.7 Å². The summed E-state index contributed by atoms with van der Waals surface area (Å²) < 4.78 is 14.7. The second kappa shape index (κ2) is 6.37. The van der Waals surface area contributed by atoms with Crippen molar-refractivity contribution in [2.75, 3.05) is 5.32 Å². The molecule has 0 saturated carbocycles. The number of carboxylic acid groups (broad SMARTS) is 1. The van der Waals surface area contributed by atoms with Crippen LogP contribution in [0, 0.1) is 5.82 Å².